The molecule has 1 aliphatic rings. The summed E-state index contributed by atoms with van der Waals surface area (Å²) in [7, 11) is 0. The van der Waals surface area contributed by atoms with E-state index in [4.69, 9.17) is 5.73 Å². The number of nitrogens with one attached hydrogen (secondary N) is 1. The zero-order valence-electron chi connectivity index (χ0n) is 9.48. The Hall–Kier alpha value is -0.820. The molecule has 1 fully saturated rings. The van der Waals surface area contributed by atoms with Gasteiger partial charge in [0.15, 0.2) is 6.61 Å². The van der Waals surface area contributed by atoms with E-state index in [-0.39, 0.29) is 6.42 Å². The van der Waals surface area contributed by atoms with Gasteiger partial charge in [0.2, 0.25) is 5.91 Å². The van der Waals surface area contributed by atoms with E-state index >= 15 is 0 Å². The number of amides is 1. The van der Waals surface area contributed by atoms with Gasteiger partial charge in [-0.25, -0.2) is 5.48 Å². The molecule has 1 amide bonds. The second-order valence-corrected chi connectivity index (χ2v) is 4.53. The minimum absolute atomic E-state index is 0.00482. The van der Waals surface area contributed by atoms with Gasteiger partial charge >= 0.3 is 6.18 Å². The fourth-order valence-corrected chi connectivity index (χ4v) is 1.99. The number of alkyl halides is 3. The van der Waals surface area contributed by atoms with Crippen LogP contribution in [0.2, 0.25) is 0 Å². The molecule has 7 heteroatoms. The third kappa shape index (κ3) is 5.88. The summed E-state index contributed by atoms with van der Waals surface area (Å²) in [6, 6.07) is 0. The topological polar surface area (TPSA) is 64.4 Å². The minimum atomic E-state index is -4.45. The van der Waals surface area contributed by atoms with Crippen LogP contribution >= 0.6 is 0 Å². The standard InChI is InChI=1S/C10H17F3N2O2/c11-10(12,13)7-17-15-8(16)6-9(14)4-2-1-3-5-9/h1-7,14H2,(H,15,16). The summed E-state index contributed by atoms with van der Waals surface area (Å²) >= 11 is 0. The lowest BCUT2D eigenvalue weighted by atomic mass is 9.80. The first-order chi connectivity index (χ1) is 7.81. The Kier molecular flexibility index (Phi) is 4.76. The molecule has 17 heavy (non-hydrogen) atoms. The highest BCUT2D eigenvalue weighted by atomic mass is 19.4. The number of hydrogen-bond acceptors (Lipinski definition) is 3. The molecule has 0 saturated heterocycles. The number of halogens is 3. The first-order valence-electron chi connectivity index (χ1n) is 5.57. The van der Waals surface area contributed by atoms with Gasteiger partial charge in [-0.15, -0.1) is 0 Å². The van der Waals surface area contributed by atoms with Gasteiger partial charge in [-0.05, 0) is 12.8 Å². The molecule has 0 aromatic rings. The van der Waals surface area contributed by atoms with Crippen LogP contribution in [0.15, 0.2) is 0 Å². The zero-order valence-corrected chi connectivity index (χ0v) is 9.48. The summed E-state index contributed by atoms with van der Waals surface area (Å²) in [5, 5.41) is 0. The molecule has 1 saturated carbocycles. The van der Waals surface area contributed by atoms with E-state index < -0.39 is 24.2 Å². The van der Waals surface area contributed by atoms with E-state index in [1.54, 1.807) is 5.48 Å². The highest BCUT2D eigenvalue weighted by Crippen LogP contribution is 2.28. The summed E-state index contributed by atoms with van der Waals surface area (Å²) in [6.07, 6.45) is -0.00568. The van der Waals surface area contributed by atoms with Crippen LogP contribution in [0.1, 0.15) is 38.5 Å². The van der Waals surface area contributed by atoms with Crippen molar-refractivity contribution in [2.45, 2.75) is 50.2 Å². The second kappa shape index (κ2) is 5.68. The molecule has 0 atom stereocenters. The molecule has 0 spiro atoms. The maximum absolute atomic E-state index is 11.7. The molecule has 0 heterocycles. The van der Waals surface area contributed by atoms with Crippen LogP contribution in [-0.4, -0.2) is 24.2 Å². The monoisotopic (exact) mass is 254 g/mol. The third-order valence-electron chi connectivity index (χ3n) is 2.78. The van der Waals surface area contributed by atoms with Crippen LogP contribution < -0.4 is 11.2 Å². The van der Waals surface area contributed by atoms with Gasteiger partial charge in [0, 0.05) is 12.0 Å². The molecule has 1 rings (SSSR count). The van der Waals surface area contributed by atoms with Gasteiger partial charge in [-0.2, -0.15) is 13.2 Å². The van der Waals surface area contributed by atoms with Gasteiger partial charge in [0.05, 0.1) is 0 Å². The van der Waals surface area contributed by atoms with Crippen LogP contribution in [0.5, 0.6) is 0 Å². The lowest BCUT2D eigenvalue weighted by Gasteiger charge is -2.32. The van der Waals surface area contributed by atoms with Gasteiger partial charge in [0.25, 0.3) is 0 Å². The van der Waals surface area contributed by atoms with Crippen LogP contribution in [0.25, 0.3) is 0 Å². The van der Waals surface area contributed by atoms with Crippen LogP contribution in [0, 0.1) is 0 Å². The Bertz CT molecular complexity index is 263. The third-order valence-corrected chi connectivity index (χ3v) is 2.78. The number of carbonyl (C=O) groups excluding carboxylic acids is 1. The van der Waals surface area contributed by atoms with Gasteiger partial charge in [0.1, 0.15) is 0 Å². The Morgan fingerprint density at radius 2 is 1.88 bits per heavy atom. The van der Waals surface area contributed by atoms with E-state index in [9.17, 15) is 18.0 Å². The molecule has 0 aromatic carbocycles. The number of rotatable bonds is 4. The van der Waals surface area contributed by atoms with Crippen LogP contribution in [0.3, 0.4) is 0 Å². The van der Waals surface area contributed by atoms with Gasteiger partial charge in [-0.1, -0.05) is 19.3 Å². The molecule has 100 valence electrons. The van der Waals surface area contributed by atoms with E-state index in [0.29, 0.717) is 0 Å². The molecular formula is C10H17F3N2O2. The van der Waals surface area contributed by atoms with E-state index in [1.807, 2.05) is 0 Å². The van der Waals surface area contributed by atoms with Crippen molar-refractivity contribution >= 4 is 5.91 Å². The SMILES string of the molecule is NC1(CC(=O)NOCC(F)(F)F)CCCCC1. The fourth-order valence-electron chi connectivity index (χ4n) is 1.99. The van der Waals surface area contributed by atoms with Crippen molar-refractivity contribution in [1.29, 1.82) is 0 Å². The highest BCUT2D eigenvalue weighted by Gasteiger charge is 2.31. The Labute approximate surface area is 97.6 Å². The van der Waals surface area contributed by atoms with Crippen molar-refractivity contribution in [2.24, 2.45) is 5.73 Å². The molecule has 4 nitrogen and oxygen atoms in total. The molecule has 0 radical (unpaired) electrons. The predicted octanol–water partition coefficient (Wildman–Crippen LogP) is 1.65. The van der Waals surface area contributed by atoms with E-state index in [0.717, 1.165) is 32.1 Å². The number of carbonyl (C=O) groups is 1. The van der Waals surface area contributed by atoms with Crippen LogP contribution in [0.4, 0.5) is 13.2 Å². The zero-order chi connectivity index (χ0) is 12.9. The maximum atomic E-state index is 11.7. The first kappa shape index (κ1) is 14.2. The number of hydroxylamine groups is 1. The fraction of sp³-hybridized carbons (Fsp3) is 0.900. The number of hydrogen-bond donors (Lipinski definition) is 2. The normalized spacial score (nSPS) is 20.0. The Morgan fingerprint density at radius 1 is 1.29 bits per heavy atom. The summed E-state index contributed by atoms with van der Waals surface area (Å²) in [6.45, 7) is -1.49. The first-order valence-corrected chi connectivity index (χ1v) is 5.57. The smallest absolute Gasteiger partial charge is 0.325 e. The molecular weight excluding hydrogens is 237 g/mol. The molecule has 0 bridgehead atoms. The Balaban J connectivity index is 2.24. The maximum Gasteiger partial charge on any atom is 0.414 e. The Morgan fingerprint density at radius 3 is 2.41 bits per heavy atom. The van der Waals surface area contributed by atoms with Crippen molar-refractivity contribution in [3.8, 4) is 0 Å². The average molecular weight is 254 g/mol. The summed E-state index contributed by atoms with van der Waals surface area (Å²) in [5.74, 6) is -0.598. The van der Waals surface area contributed by atoms with E-state index in [1.165, 1.54) is 0 Å². The highest BCUT2D eigenvalue weighted by molar-refractivity contribution is 5.76. The lowest BCUT2D eigenvalue weighted by molar-refractivity contribution is -0.192. The minimum Gasteiger partial charge on any atom is -0.325 e. The van der Waals surface area contributed by atoms with Crippen molar-refractivity contribution in [3.63, 3.8) is 0 Å². The molecule has 1 aliphatic carbocycles. The molecule has 0 aliphatic heterocycles. The molecule has 0 aromatic heterocycles. The predicted molar refractivity (Wildman–Crippen MR) is 54.8 cm³/mol. The summed E-state index contributed by atoms with van der Waals surface area (Å²) < 4.78 is 35.2. The summed E-state index contributed by atoms with van der Waals surface area (Å²) in [5.41, 5.74) is 7.16. The van der Waals surface area contributed by atoms with Crippen LogP contribution in [-0.2, 0) is 9.63 Å². The van der Waals surface area contributed by atoms with E-state index in [2.05, 4.69) is 4.84 Å². The van der Waals surface area contributed by atoms with Gasteiger partial charge < -0.3 is 5.73 Å². The van der Waals surface area contributed by atoms with Crippen molar-refractivity contribution in [1.82, 2.24) is 5.48 Å². The summed E-state index contributed by atoms with van der Waals surface area (Å²) in [4.78, 5) is 15.4. The lowest BCUT2D eigenvalue weighted by Crippen LogP contribution is -2.46. The average Bonchev–Trinajstić information content (AvgIpc) is 2.15. The number of nitrogens with two attached hydrogens (primary N) is 1. The molecule has 3 N–H and O–H groups in total. The largest absolute Gasteiger partial charge is 0.414 e. The van der Waals surface area contributed by atoms with Crippen molar-refractivity contribution in [2.75, 3.05) is 6.61 Å². The molecule has 0 unspecified atom stereocenters. The second-order valence-electron chi connectivity index (χ2n) is 4.53. The quantitative estimate of drug-likeness (QED) is 0.750. The van der Waals surface area contributed by atoms with Crippen molar-refractivity contribution in [3.05, 3.63) is 0 Å². The van der Waals surface area contributed by atoms with Crippen molar-refractivity contribution < 1.29 is 22.8 Å². The van der Waals surface area contributed by atoms with Gasteiger partial charge in [-0.3, -0.25) is 9.63 Å².